The molecular weight excluding hydrogens is 222 g/mol. The van der Waals surface area contributed by atoms with Crippen LogP contribution >= 0.6 is 0 Å². The summed E-state index contributed by atoms with van der Waals surface area (Å²) in [5.41, 5.74) is 3.04. The second-order valence-electron chi connectivity index (χ2n) is 4.43. The fourth-order valence-corrected chi connectivity index (χ4v) is 2.01. The largest absolute Gasteiger partial charge is 0.367 e. The molecule has 0 aromatic heterocycles. The van der Waals surface area contributed by atoms with Gasteiger partial charge in [-0.15, -0.1) is 0 Å². The minimum atomic E-state index is 0.140. The van der Waals surface area contributed by atoms with Crippen molar-refractivity contribution in [2.24, 2.45) is 0 Å². The average molecular weight is 239 g/mol. The lowest BCUT2D eigenvalue weighted by molar-refractivity contribution is 0.100. The van der Waals surface area contributed by atoms with E-state index < -0.39 is 0 Å². The van der Waals surface area contributed by atoms with E-state index in [0.717, 1.165) is 11.3 Å². The number of Topliss-reactive ketones (excluding diaryl/α,β-unsaturated/α-hetero) is 1. The van der Waals surface area contributed by atoms with Gasteiger partial charge in [-0.05, 0) is 18.6 Å². The van der Waals surface area contributed by atoms with Crippen LogP contribution < -0.4 is 4.90 Å². The molecule has 0 saturated carbocycles. The van der Waals surface area contributed by atoms with Crippen molar-refractivity contribution in [2.75, 3.05) is 18.5 Å². The van der Waals surface area contributed by atoms with Crippen LogP contribution in [0.3, 0.4) is 0 Å². The third-order valence-corrected chi connectivity index (χ3v) is 3.00. The smallest absolute Gasteiger partial charge is 0.182 e. The Morgan fingerprint density at radius 1 is 1.00 bits per heavy atom. The second-order valence-corrected chi connectivity index (χ2v) is 4.43. The number of carbonyl (C=O) groups is 1. The molecule has 0 unspecified atom stereocenters. The summed E-state index contributed by atoms with van der Waals surface area (Å²) in [7, 11) is 1.95. The lowest BCUT2D eigenvalue weighted by Gasteiger charge is -2.20. The van der Waals surface area contributed by atoms with Crippen LogP contribution in [-0.2, 0) is 0 Å². The summed E-state index contributed by atoms with van der Waals surface area (Å²) >= 11 is 0. The van der Waals surface area contributed by atoms with Crippen LogP contribution in [0.25, 0.3) is 0 Å². The molecule has 0 aliphatic heterocycles. The Kier molecular flexibility index (Phi) is 3.78. The molecule has 0 bridgehead atoms. The highest BCUT2D eigenvalue weighted by molar-refractivity contribution is 5.99. The van der Waals surface area contributed by atoms with Crippen LogP contribution in [-0.4, -0.2) is 19.4 Å². The number of para-hydroxylation sites is 1. The van der Waals surface area contributed by atoms with Crippen molar-refractivity contribution >= 4 is 11.5 Å². The van der Waals surface area contributed by atoms with E-state index in [-0.39, 0.29) is 5.78 Å². The number of likely N-dealkylation sites (N-methyl/N-ethyl adjacent to an activating group) is 1. The molecule has 0 atom stereocenters. The number of hydrogen-bond donors (Lipinski definition) is 0. The predicted molar refractivity (Wildman–Crippen MR) is 75.2 cm³/mol. The lowest BCUT2D eigenvalue weighted by atomic mass is 10.1. The Labute approximate surface area is 108 Å². The quantitative estimate of drug-likeness (QED) is 0.763. The highest BCUT2D eigenvalue weighted by Crippen LogP contribution is 2.18. The lowest BCUT2D eigenvalue weighted by Crippen LogP contribution is -2.26. The van der Waals surface area contributed by atoms with Gasteiger partial charge in [-0.1, -0.05) is 48.5 Å². The van der Waals surface area contributed by atoms with Crippen LogP contribution in [0.4, 0.5) is 5.69 Å². The molecule has 0 spiro atoms. The molecule has 2 nitrogen and oxygen atoms in total. The number of hydrogen-bond acceptors (Lipinski definition) is 2. The van der Waals surface area contributed by atoms with E-state index in [1.54, 1.807) is 0 Å². The molecule has 0 N–H and O–H groups in total. The maximum Gasteiger partial charge on any atom is 0.182 e. The van der Waals surface area contributed by atoms with E-state index in [0.29, 0.717) is 6.54 Å². The monoisotopic (exact) mass is 239 g/mol. The fraction of sp³-hybridized carbons (Fsp3) is 0.188. The Balaban J connectivity index is 2.11. The van der Waals surface area contributed by atoms with Crippen LogP contribution in [0, 0.1) is 6.92 Å². The summed E-state index contributed by atoms with van der Waals surface area (Å²) in [6, 6.07) is 17.5. The number of aryl methyl sites for hydroxylation is 1. The SMILES string of the molecule is Cc1ccccc1N(C)CC(=O)c1ccccc1. The van der Waals surface area contributed by atoms with Crippen LogP contribution in [0.5, 0.6) is 0 Å². The first kappa shape index (κ1) is 12.4. The fourth-order valence-electron chi connectivity index (χ4n) is 2.01. The molecule has 0 saturated heterocycles. The van der Waals surface area contributed by atoms with Gasteiger partial charge in [0.25, 0.3) is 0 Å². The molecular formula is C16H17NO. The highest BCUT2D eigenvalue weighted by Gasteiger charge is 2.10. The summed E-state index contributed by atoms with van der Waals surface area (Å²) in [4.78, 5) is 14.1. The van der Waals surface area contributed by atoms with Gasteiger partial charge in [-0.2, -0.15) is 0 Å². The molecule has 0 aliphatic rings. The van der Waals surface area contributed by atoms with Crippen molar-refractivity contribution < 1.29 is 4.79 Å². The Bertz CT molecular complexity index is 534. The first-order chi connectivity index (χ1) is 8.68. The molecule has 0 amide bonds. The van der Waals surface area contributed by atoms with E-state index in [9.17, 15) is 4.79 Å². The second kappa shape index (κ2) is 5.50. The van der Waals surface area contributed by atoms with Crippen molar-refractivity contribution in [3.05, 3.63) is 65.7 Å². The van der Waals surface area contributed by atoms with Gasteiger partial charge in [0.15, 0.2) is 5.78 Å². The molecule has 2 rings (SSSR count). The number of nitrogens with zero attached hydrogens (tertiary/aromatic N) is 1. The molecule has 18 heavy (non-hydrogen) atoms. The Hall–Kier alpha value is -2.09. The van der Waals surface area contributed by atoms with Crippen molar-refractivity contribution in [1.82, 2.24) is 0 Å². The zero-order valence-electron chi connectivity index (χ0n) is 10.8. The predicted octanol–water partition coefficient (Wildman–Crippen LogP) is 3.31. The van der Waals surface area contributed by atoms with E-state index in [1.807, 2.05) is 60.5 Å². The molecule has 0 aliphatic carbocycles. The maximum atomic E-state index is 12.1. The Morgan fingerprint density at radius 3 is 2.28 bits per heavy atom. The van der Waals surface area contributed by atoms with Gasteiger partial charge < -0.3 is 4.90 Å². The topological polar surface area (TPSA) is 20.3 Å². The minimum Gasteiger partial charge on any atom is -0.367 e. The average Bonchev–Trinajstić information content (AvgIpc) is 2.40. The maximum absolute atomic E-state index is 12.1. The zero-order chi connectivity index (χ0) is 13.0. The Morgan fingerprint density at radius 2 is 1.61 bits per heavy atom. The third-order valence-electron chi connectivity index (χ3n) is 3.00. The number of rotatable bonds is 4. The number of ketones is 1. The zero-order valence-corrected chi connectivity index (χ0v) is 10.8. The van der Waals surface area contributed by atoms with E-state index in [1.165, 1.54) is 5.56 Å². The normalized spacial score (nSPS) is 10.1. The minimum absolute atomic E-state index is 0.140. The van der Waals surface area contributed by atoms with E-state index in [2.05, 4.69) is 13.0 Å². The summed E-state index contributed by atoms with van der Waals surface area (Å²) in [5.74, 6) is 0.140. The van der Waals surface area contributed by atoms with Gasteiger partial charge >= 0.3 is 0 Å². The molecule has 0 heterocycles. The van der Waals surface area contributed by atoms with Crippen molar-refractivity contribution in [3.63, 3.8) is 0 Å². The van der Waals surface area contributed by atoms with Crippen molar-refractivity contribution in [2.45, 2.75) is 6.92 Å². The summed E-state index contributed by atoms with van der Waals surface area (Å²) < 4.78 is 0. The van der Waals surface area contributed by atoms with E-state index >= 15 is 0 Å². The number of carbonyl (C=O) groups excluding carboxylic acids is 1. The van der Waals surface area contributed by atoms with Gasteiger partial charge in [0.1, 0.15) is 0 Å². The van der Waals surface area contributed by atoms with Gasteiger partial charge in [-0.25, -0.2) is 0 Å². The van der Waals surface area contributed by atoms with Crippen molar-refractivity contribution in [1.29, 1.82) is 0 Å². The third kappa shape index (κ3) is 2.77. The molecule has 0 radical (unpaired) electrons. The van der Waals surface area contributed by atoms with Gasteiger partial charge in [-0.3, -0.25) is 4.79 Å². The molecule has 0 fully saturated rings. The molecule has 2 aromatic rings. The van der Waals surface area contributed by atoms with Crippen LogP contribution in [0.15, 0.2) is 54.6 Å². The molecule has 2 aromatic carbocycles. The van der Waals surface area contributed by atoms with Crippen LogP contribution in [0.2, 0.25) is 0 Å². The summed E-state index contributed by atoms with van der Waals surface area (Å²) in [6.07, 6.45) is 0. The van der Waals surface area contributed by atoms with Crippen molar-refractivity contribution in [3.8, 4) is 0 Å². The van der Waals surface area contributed by atoms with Gasteiger partial charge in [0.2, 0.25) is 0 Å². The molecule has 2 heteroatoms. The van der Waals surface area contributed by atoms with E-state index in [4.69, 9.17) is 0 Å². The first-order valence-electron chi connectivity index (χ1n) is 6.03. The van der Waals surface area contributed by atoms with Gasteiger partial charge in [0.05, 0.1) is 6.54 Å². The number of benzene rings is 2. The standard InChI is InChI=1S/C16H17NO/c1-13-8-6-7-11-15(13)17(2)12-16(18)14-9-4-3-5-10-14/h3-11H,12H2,1-2H3. The highest BCUT2D eigenvalue weighted by atomic mass is 16.1. The van der Waals surface area contributed by atoms with Crippen LogP contribution in [0.1, 0.15) is 15.9 Å². The first-order valence-corrected chi connectivity index (χ1v) is 6.03. The summed E-state index contributed by atoms with van der Waals surface area (Å²) in [5, 5.41) is 0. The van der Waals surface area contributed by atoms with Gasteiger partial charge in [0, 0.05) is 18.3 Å². The number of anilines is 1. The molecule has 92 valence electrons. The summed E-state index contributed by atoms with van der Waals surface area (Å²) in [6.45, 7) is 2.45.